The van der Waals surface area contributed by atoms with E-state index in [0.29, 0.717) is 11.1 Å². The van der Waals surface area contributed by atoms with Crippen LogP contribution >= 0.6 is 0 Å². The number of rotatable bonds is 18. The number of carbonyl (C=O) groups excluding carboxylic acids is 1. The number of hydrogen-bond acceptors (Lipinski definition) is 3. The summed E-state index contributed by atoms with van der Waals surface area (Å²) in [6.45, 7) is 4.46. The number of aryl methyl sites for hydroxylation is 2. The van der Waals surface area contributed by atoms with Gasteiger partial charge in [-0.3, -0.25) is 4.79 Å². The van der Waals surface area contributed by atoms with Crippen LogP contribution in [0.5, 0.6) is 11.5 Å². The van der Waals surface area contributed by atoms with Gasteiger partial charge in [-0.25, -0.2) is 0 Å². The summed E-state index contributed by atoms with van der Waals surface area (Å²) in [5.41, 5.74) is 2.90. The third kappa shape index (κ3) is 9.91. The molecule has 0 saturated carbocycles. The maximum atomic E-state index is 13.2. The molecule has 0 atom stereocenters. The number of hydrogen-bond donors (Lipinski definition) is 2. The molecule has 2 aromatic rings. The van der Waals surface area contributed by atoms with Gasteiger partial charge in [-0.15, -0.1) is 0 Å². The minimum absolute atomic E-state index is 0.0540. The van der Waals surface area contributed by atoms with Gasteiger partial charge in [0.15, 0.2) is 5.78 Å². The topological polar surface area (TPSA) is 57.5 Å². The zero-order valence-corrected chi connectivity index (χ0v) is 21.6. The molecule has 0 bridgehead atoms. The van der Waals surface area contributed by atoms with Gasteiger partial charge in [0.2, 0.25) is 0 Å². The third-order valence-electron chi connectivity index (χ3n) is 6.78. The van der Waals surface area contributed by atoms with Crippen LogP contribution in [0.4, 0.5) is 0 Å². The predicted molar refractivity (Wildman–Crippen MR) is 143 cm³/mol. The largest absolute Gasteiger partial charge is 0.508 e. The molecule has 0 fully saturated rings. The van der Waals surface area contributed by atoms with E-state index in [1.807, 2.05) is 12.1 Å². The Morgan fingerprint density at radius 2 is 0.912 bits per heavy atom. The van der Waals surface area contributed by atoms with Gasteiger partial charge in [0.1, 0.15) is 11.5 Å². The van der Waals surface area contributed by atoms with E-state index in [9.17, 15) is 15.0 Å². The number of aromatic hydroxyl groups is 2. The molecule has 0 aromatic heterocycles. The van der Waals surface area contributed by atoms with Crippen LogP contribution in [0.15, 0.2) is 36.4 Å². The van der Waals surface area contributed by atoms with Crippen molar-refractivity contribution in [2.45, 2.75) is 117 Å². The highest BCUT2D eigenvalue weighted by atomic mass is 16.3. The van der Waals surface area contributed by atoms with Gasteiger partial charge < -0.3 is 10.2 Å². The predicted octanol–water partition coefficient (Wildman–Crippen LogP) is 8.92. The van der Waals surface area contributed by atoms with Crippen LogP contribution in [0.2, 0.25) is 0 Å². The lowest BCUT2D eigenvalue weighted by molar-refractivity contribution is 0.103. The van der Waals surface area contributed by atoms with Crippen molar-refractivity contribution < 1.29 is 15.0 Å². The standard InChI is InChI=1S/C31H46O3/c1-3-5-7-9-11-13-15-17-25-23-27(19-21-29(25)32)31(34)28-20-22-30(33)26(24-28)18-16-14-12-10-8-6-4-2/h19-24,32-33H,3-18H2,1-2H3. The van der Waals surface area contributed by atoms with Gasteiger partial charge in [0.05, 0.1) is 0 Å². The fourth-order valence-electron chi connectivity index (χ4n) is 4.57. The van der Waals surface area contributed by atoms with Crippen molar-refractivity contribution >= 4 is 5.78 Å². The summed E-state index contributed by atoms with van der Waals surface area (Å²) in [5.74, 6) is 0.488. The smallest absolute Gasteiger partial charge is 0.193 e. The van der Waals surface area contributed by atoms with Crippen molar-refractivity contribution in [3.63, 3.8) is 0 Å². The van der Waals surface area contributed by atoms with Gasteiger partial charge in [0.25, 0.3) is 0 Å². The Bertz CT molecular complexity index is 786. The van der Waals surface area contributed by atoms with Crippen molar-refractivity contribution in [1.82, 2.24) is 0 Å². The first kappa shape index (κ1) is 28.0. The number of phenols is 2. The molecular weight excluding hydrogens is 420 g/mol. The summed E-state index contributed by atoms with van der Waals surface area (Å²) in [5, 5.41) is 20.6. The van der Waals surface area contributed by atoms with Gasteiger partial charge in [-0.05, 0) is 73.2 Å². The minimum atomic E-state index is -0.0540. The van der Waals surface area contributed by atoms with Crippen LogP contribution in [0.25, 0.3) is 0 Å². The lowest BCUT2D eigenvalue weighted by atomic mass is 9.95. The van der Waals surface area contributed by atoms with Crippen LogP contribution in [0.1, 0.15) is 131 Å². The van der Waals surface area contributed by atoms with Crippen LogP contribution in [-0.2, 0) is 12.8 Å². The number of unbranched alkanes of at least 4 members (excludes halogenated alkanes) is 12. The maximum Gasteiger partial charge on any atom is 0.193 e. The second kappa shape index (κ2) is 16.4. The van der Waals surface area contributed by atoms with Crippen molar-refractivity contribution in [3.05, 3.63) is 58.7 Å². The first-order valence-electron chi connectivity index (χ1n) is 13.7. The van der Waals surface area contributed by atoms with E-state index in [0.717, 1.165) is 49.7 Å². The van der Waals surface area contributed by atoms with E-state index in [1.165, 1.54) is 64.2 Å². The van der Waals surface area contributed by atoms with Crippen LogP contribution in [0.3, 0.4) is 0 Å². The van der Waals surface area contributed by atoms with Crippen molar-refractivity contribution in [2.75, 3.05) is 0 Å². The Balaban J connectivity index is 1.91. The molecule has 3 heteroatoms. The quantitative estimate of drug-likeness (QED) is 0.170. The fraction of sp³-hybridized carbons (Fsp3) is 0.581. The van der Waals surface area contributed by atoms with Crippen molar-refractivity contribution in [3.8, 4) is 11.5 Å². The van der Waals surface area contributed by atoms with Gasteiger partial charge >= 0.3 is 0 Å². The summed E-state index contributed by atoms with van der Waals surface area (Å²) in [6, 6.07) is 10.4. The normalized spacial score (nSPS) is 11.1. The molecule has 0 amide bonds. The Morgan fingerprint density at radius 3 is 1.29 bits per heavy atom. The van der Waals surface area contributed by atoms with Gasteiger partial charge in [0, 0.05) is 11.1 Å². The van der Waals surface area contributed by atoms with E-state index in [1.54, 1.807) is 24.3 Å². The summed E-state index contributed by atoms with van der Waals surface area (Å²) in [4.78, 5) is 13.2. The average molecular weight is 467 g/mol. The molecule has 2 N–H and O–H groups in total. The number of ketones is 1. The molecule has 3 nitrogen and oxygen atoms in total. The molecule has 188 valence electrons. The molecule has 2 rings (SSSR count). The molecule has 0 saturated heterocycles. The van der Waals surface area contributed by atoms with Crippen LogP contribution in [-0.4, -0.2) is 16.0 Å². The summed E-state index contributed by atoms with van der Waals surface area (Å²) < 4.78 is 0. The lowest BCUT2D eigenvalue weighted by Gasteiger charge is -2.10. The van der Waals surface area contributed by atoms with E-state index >= 15 is 0 Å². The molecule has 2 aromatic carbocycles. The molecule has 0 radical (unpaired) electrons. The van der Waals surface area contributed by atoms with Gasteiger partial charge in [-0.1, -0.05) is 90.9 Å². The summed E-state index contributed by atoms with van der Waals surface area (Å²) in [6.07, 6.45) is 18.7. The Kier molecular flexibility index (Phi) is 13.4. The summed E-state index contributed by atoms with van der Waals surface area (Å²) in [7, 11) is 0. The summed E-state index contributed by atoms with van der Waals surface area (Å²) >= 11 is 0. The average Bonchev–Trinajstić information content (AvgIpc) is 2.84. The maximum absolute atomic E-state index is 13.2. The fourth-order valence-corrected chi connectivity index (χ4v) is 4.57. The zero-order chi connectivity index (χ0) is 24.6. The minimum Gasteiger partial charge on any atom is -0.508 e. The SMILES string of the molecule is CCCCCCCCCc1cc(C(=O)c2ccc(O)c(CCCCCCCCC)c2)ccc1O. The first-order valence-corrected chi connectivity index (χ1v) is 13.7. The van der Waals surface area contributed by atoms with E-state index < -0.39 is 0 Å². The molecule has 0 aliphatic rings. The molecule has 0 aliphatic carbocycles. The van der Waals surface area contributed by atoms with Crippen molar-refractivity contribution in [2.24, 2.45) is 0 Å². The molecule has 0 spiro atoms. The highest BCUT2D eigenvalue weighted by molar-refractivity contribution is 6.09. The van der Waals surface area contributed by atoms with Crippen LogP contribution < -0.4 is 0 Å². The van der Waals surface area contributed by atoms with E-state index in [4.69, 9.17) is 0 Å². The second-order valence-electron chi connectivity index (χ2n) is 9.76. The molecular formula is C31H46O3. The molecule has 34 heavy (non-hydrogen) atoms. The molecule has 0 aliphatic heterocycles. The first-order chi connectivity index (χ1) is 16.6. The van der Waals surface area contributed by atoms with E-state index in [2.05, 4.69) is 13.8 Å². The number of carbonyl (C=O) groups is 1. The Labute approximate surface area is 207 Å². The molecule has 0 heterocycles. The zero-order valence-electron chi connectivity index (χ0n) is 21.6. The monoisotopic (exact) mass is 466 g/mol. The number of phenolic OH excluding ortho intramolecular Hbond substituents is 2. The highest BCUT2D eigenvalue weighted by Gasteiger charge is 2.14. The van der Waals surface area contributed by atoms with E-state index in [-0.39, 0.29) is 17.3 Å². The lowest BCUT2D eigenvalue weighted by Crippen LogP contribution is -2.03. The molecule has 0 unspecified atom stereocenters. The third-order valence-corrected chi connectivity index (χ3v) is 6.78. The van der Waals surface area contributed by atoms with Crippen molar-refractivity contribution in [1.29, 1.82) is 0 Å². The second-order valence-corrected chi connectivity index (χ2v) is 9.76. The van der Waals surface area contributed by atoms with Crippen LogP contribution in [0, 0.1) is 0 Å². The number of benzene rings is 2. The van der Waals surface area contributed by atoms with Gasteiger partial charge in [-0.2, -0.15) is 0 Å². The Morgan fingerprint density at radius 1 is 0.559 bits per heavy atom. The highest BCUT2D eigenvalue weighted by Crippen LogP contribution is 2.26. The Hall–Kier alpha value is -2.29.